The number of amides is 1. The standard InChI is InChI=1S/C29H32ClN3O6S/c1-2-37-26-11-9-23(18-24(26)30)40(35,36)31-25(16-21-6-4-3-5-7-21)29(34)33-14-12-32(13-15-33)19-22-8-10-27-28(17-22)39-20-38-27/h3-11,17-18,25,31H,2,12-16,19-20H2,1H3/t25-/m0/s1. The molecule has 212 valence electrons. The number of sulfonamides is 1. The fourth-order valence-corrected chi connectivity index (χ4v) is 6.36. The van der Waals surface area contributed by atoms with Crippen LogP contribution < -0.4 is 18.9 Å². The molecule has 2 heterocycles. The van der Waals surface area contributed by atoms with Gasteiger partial charge < -0.3 is 19.1 Å². The number of ether oxygens (including phenoxy) is 3. The molecule has 11 heteroatoms. The number of nitrogens with one attached hydrogen (secondary N) is 1. The summed E-state index contributed by atoms with van der Waals surface area (Å²) < 4.78 is 45.7. The van der Waals surface area contributed by atoms with E-state index in [-0.39, 0.29) is 29.0 Å². The second kappa shape index (κ2) is 12.5. The van der Waals surface area contributed by atoms with Gasteiger partial charge in [-0.05, 0) is 54.8 Å². The van der Waals surface area contributed by atoms with Crippen LogP contribution in [0.2, 0.25) is 5.02 Å². The normalized spacial score (nSPS) is 16.1. The molecule has 1 atom stereocenters. The molecule has 2 aliphatic rings. The van der Waals surface area contributed by atoms with Gasteiger partial charge in [0.25, 0.3) is 0 Å². The summed E-state index contributed by atoms with van der Waals surface area (Å²) in [7, 11) is -4.04. The number of hydrogen-bond donors (Lipinski definition) is 1. The highest BCUT2D eigenvalue weighted by Gasteiger charge is 2.32. The minimum Gasteiger partial charge on any atom is -0.492 e. The first-order chi connectivity index (χ1) is 19.3. The van der Waals surface area contributed by atoms with E-state index in [1.54, 1.807) is 4.90 Å². The SMILES string of the molecule is CCOc1ccc(S(=O)(=O)N[C@@H](Cc2ccccc2)C(=O)N2CCN(Cc3ccc4c(c3)OCO4)CC2)cc1Cl. The van der Waals surface area contributed by atoms with Crippen LogP contribution in [0.1, 0.15) is 18.1 Å². The Balaban J connectivity index is 1.27. The summed E-state index contributed by atoms with van der Waals surface area (Å²) in [4.78, 5) is 17.7. The van der Waals surface area contributed by atoms with Gasteiger partial charge in [0.05, 0.1) is 16.5 Å². The molecule has 2 aliphatic heterocycles. The smallest absolute Gasteiger partial charge is 0.241 e. The fourth-order valence-electron chi connectivity index (χ4n) is 4.85. The summed E-state index contributed by atoms with van der Waals surface area (Å²) in [5.74, 6) is 1.64. The zero-order valence-electron chi connectivity index (χ0n) is 22.2. The van der Waals surface area contributed by atoms with Gasteiger partial charge in [-0.25, -0.2) is 8.42 Å². The van der Waals surface area contributed by atoms with E-state index in [9.17, 15) is 13.2 Å². The summed E-state index contributed by atoms with van der Waals surface area (Å²) in [5, 5.41) is 0.189. The molecular formula is C29H32ClN3O6S. The average Bonchev–Trinajstić information content (AvgIpc) is 3.42. The molecule has 0 aliphatic carbocycles. The molecule has 0 radical (unpaired) electrons. The van der Waals surface area contributed by atoms with Crippen molar-refractivity contribution in [2.24, 2.45) is 0 Å². The van der Waals surface area contributed by atoms with Crippen molar-refractivity contribution in [3.05, 3.63) is 82.9 Å². The first kappa shape index (κ1) is 28.2. The number of halogens is 1. The molecule has 1 fully saturated rings. The Morgan fingerprint density at radius 2 is 1.73 bits per heavy atom. The average molecular weight is 586 g/mol. The number of rotatable bonds is 10. The van der Waals surface area contributed by atoms with Crippen LogP contribution >= 0.6 is 11.6 Å². The van der Waals surface area contributed by atoms with Crippen molar-refractivity contribution in [3.63, 3.8) is 0 Å². The largest absolute Gasteiger partial charge is 0.492 e. The van der Waals surface area contributed by atoms with Crippen molar-refractivity contribution in [1.29, 1.82) is 0 Å². The molecule has 1 N–H and O–H groups in total. The van der Waals surface area contributed by atoms with E-state index < -0.39 is 16.1 Å². The minimum absolute atomic E-state index is 0.0274. The van der Waals surface area contributed by atoms with Crippen molar-refractivity contribution < 1.29 is 27.4 Å². The monoisotopic (exact) mass is 585 g/mol. The minimum atomic E-state index is -4.04. The molecule has 1 amide bonds. The zero-order chi connectivity index (χ0) is 28.1. The second-order valence-corrected chi connectivity index (χ2v) is 11.8. The zero-order valence-corrected chi connectivity index (χ0v) is 23.8. The number of hydrogen-bond acceptors (Lipinski definition) is 7. The molecule has 1 saturated heterocycles. The Morgan fingerprint density at radius 1 is 0.975 bits per heavy atom. The van der Waals surface area contributed by atoms with E-state index in [1.165, 1.54) is 18.2 Å². The molecule has 9 nitrogen and oxygen atoms in total. The maximum atomic E-state index is 13.7. The Bertz CT molecular complexity index is 1450. The van der Waals surface area contributed by atoms with Gasteiger partial charge in [-0.1, -0.05) is 48.0 Å². The summed E-state index contributed by atoms with van der Waals surface area (Å²) in [6.45, 7) is 5.49. The topological polar surface area (TPSA) is 97.4 Å². The Morgan fingerprint density at radius 3 is 2.45 bits per heavy atom. The van der Waals surface area contributed by atoms with E-state index in [2.05, 4.69) is 9.62 Å². The van der Waals surface area contributed by atoms with Crippen molar-refractivity contribution in [2.45, 2.75) is 30.8 Å². The van der Waals surface area contributed by atoms with E-state index in [4.69, 9.17) is 25.8 Å². The fraction of sp³-hybridized carbons (Fsp3) is 0.345. The van der Waals surface area contributed by atoms with Gasteiger partial charge in [0.1, 0.15) is 11.8 Å². The molecule has 3 aromatic rings. The number of benzene rings is 3. The van der Waals surface area contributed by atoms with Crippen LogP contribution in [0, 0.1) is 0 Å². The molecule has 0 unspecified atom stereocenters. The van der Waals surface area contributed by atoms with Gasteiger partial charge >= 0.3 is 0 Å². The highest BCUT2D eigenvalue weighted by molar-refractivity contribution is 7.89. The second-order valence-electron chi connectivity index (χ2n) is 9.68. The molecule has 5 rings (SSSR count). The third-order valence-electron chi connectivity index (χ3n) is 6.92. The summed E-state index contributed by atoms with van der Waals surface area (Å²) in [5.41, 5.74) is 1.96. The molecule has 0 aromatic heterocycles. The molecular weight excluding hydrogens is 554 g/mol. The predicted octanol–water partition coefficient (Wildman–Crippen LogP) is 3.70. The van der Waals surface area contributed by atoms with Crippen LogP contribution in [0.5, 0.6) is 17.2 Å². The Labute approximate surface area is 239 Å². The van der Waals surface area contributed by atoms with Gasteiger partial charge in [-0.2, -0.15) is 4.72 Å². The highest BCUT2D eigenvalue weighted by atomic mass is 35.5. The number of piperazine rings is 1. The Hall–Kier alpha value is -3.31. The summed E-state index contributed by atoms with van der Waals surface area (Å²) >= 11 is 6.25. The van der Waals surface area contributed by atoms with Crippen LogP contribution in [-0.4, -0.2) is 69.7 Å². The summed E-state index contributed by atoms with van der Waals surface area (Å²) in [6, 6.07) is 18.6. The summed E-state index contributed by atoms with van der Waals surface area (Å²) in [6.07, 6.45) is 0.223. The maximum Gasteiger partial charge on any atom is 0.241 e. The van der Waals surface area contributed by atoms with E-state index in [0.29, 0.717) is 38.5 Å². The van der Waals surface area contributed by atoms with Crippen LogP contribution in [0.3, 0.4) is 0 Å². The number of carbonyl (C=O) groups is 1. The lowest BCUT2D eigenvalue weighted by molar-refractivity contribution is -0.134. The lowest BCUT2D eigenvalue weighted by Crippen LogP contribution is -2.55. The van der Waals surface area contributed by atoms with Gasteiger partial charge in [0, 0.05) is 32.7 Å². The van der Waals surface area contributed by atoms with Gasteiger partial charge in [-0.15, -0.1) is 0 Å². The highest BCUT2D eigenvalue weighted by Crippen LogP contribution is 2.33. The predicted molar refractivity (Wildman–Crippen MR) is 151 cm³/mol. The van der Waals surface area contributed by atoms with Crippen molar-refractivity contribution in [3.8, 4) is 17.2 Å². The van der Waals surface area contributed by atoms with E-state index in [0.717, 1.165) is 29.2 Å². The molecule has 0 bridgehead atoms. The van der Waals surface area contributed by atoms with Gasteiger partial charge in [-0.3, -0.25) is 9.69 Å². The number of nitrogens with zero attached hydrogens (tertiary/aromatic N) is 2. The number of carbonyl (C=O) groups excluding carboxylic acids is 1. The van der Waals surface area contributed by atoms with Crippen molar-refractivity contribution in [1.82, 2.24) is 14.5 Å². The number of fused-ring (bicyclic) bond motifs is 1. The van der Waals surface area contributed by atoms with Crippen molar-refractivity contribution >= 4 is 27.5 Å². The quantitative estimate of drug-likeness (QED) is 0.387. The Kier molecular flexibility index (Phi) is 8.80. The molecule has 40 heavy (non-hydrogen) atoms. The van der Waals surface area contributed by atoms with Crippen LogP contribution in [0.4, 0.5) is 0 Å². The third kappa shape index (κ3) is 6.69. The van der Waals surface area contributed by atoms with Crippen LogP contribution in [0.25, 0.3) is 0 Å². The van der Waals surface area contributed by atoms with Crippen LogP contribution in [0.15, 0.2) is 71.6 Å². The lowest BCUT2D eigenvalue weighted by Gasteiger charge is -2.36. The van der Waals surface area contributed by atoms with Crippen molar-refractivity contribution in [2.75, 3.05) is 39.6 Å². The lowest BCUT2D eigenvalue weighted by atomic mass is 10.1. The van der Waals surface area contributed by atoms with E-state index >= 15 is 0 Å². The molecule has 0 spiro atoms. The third-order valence-corrected chi connectivity index (χ3v) is 8.68. The maximum absolute atomic E-state index is 13.7. The first-order valence-electron chi connectivity index (χ1n) is 13.2. The van der Waals surface area contributed by atoms with E-state index in [1.807, 2.05) is 55.5 Å². The van der Waals surface area contributed by atoms with Crippen LogP contribution in [-0.2, 0) is 27.8 Å². The first-order valence-corrected chi connectivity index (χ1v) is 15.1. The van der Waals surface area contributed by atoms with Gasteiger partial charge in [0.2, 0.25) is 22.7 Å². The van der Waals surface area contributed by atoms with Gasteiger partial charge in [0.15, 0.2) is 11.5 Å². The molecule has 0 saturated carbocycles. The molecule has 3 aromatic carbocycles.